The van der Waals surface area contributed by atoms with Crippen LogP contribution in [0.25, 0.3) is 33.0 Å². The quantitative estimate of drug-likeness (QED) is 0.0483. The highest BCUT2D eigenvalue weighted by Crippen LogP contribution is 2.38. The molecule has 0 spiro atoms. The maximum atomic E-state index is 6.86. The summed E-state index contributed by atoms with van der Waals surface area (Å²) in [6.45, 7) is 2.19. The smallest absolute Gasteiger partial charge is 0.0939 e. The molecule has 5 heteroatoms. The molecule has 7 rings (SSSR count). The van der Waals surface area contributed by atoms with E-state index in [1.165, 1.54) is 16.5 Å². The van der Waals surface area contributed by atoms with Gasteiger partial charge in [0.05, 0.1) is 11.7 Å². The molecule has 6 N–H and O–H groups in total. The number of thioether (sulfide) groups is 1. The van der Waals surface area contributed by atoms with Crippen LogP contribution in [0.1, 0.15) is 35.3 Å². The van der Waals surface area contributed by atoms with Gasteiger partial charge in [0.15, 0.2) is 0 Å². The normalized spacial score (nSPS) is 13.2. The molecule has 0 saturated heterocycles. The van der Waals surface area contributed by atoms with Crippen LogP contribution >= 0.6 is 11.8 Å². The summed E-state index contributed by atoms with van der Waals surface area (Å²) in [7, 11) is 0. The Morgan fingerprint density at radius 3 is 1.94 bits per heavy atom. The van der Waals surface area contributed by atoms with Crippen LogP contribution in [-0.2, 0) is 11.3 Å². The van der Waals surface area contributed by atoms with Crippen molar-refractivity contribution in [3.63, 3.8) is 0 Å². The maximum absolute atomic E-state index is 6.86. The number of anilines is 1. The topological polar surface area (TPSA) is 76.1 Å². The van der Waals surface area contributed by atoms with Crippen LogP contribution in [0.4, 0.5) is 5.69 Å². The van der Waals surface area contributed by atoms with E-state index >= 15 is 0 Å². The van der Waals surface area contributed by atoms with Gasteiger partial charge in [-0.25, -0.2) is 10.9 Å². The largest absolute Gasteiger partial charge is 0.398 e. The molecular weight excluding hydrogens is 617 g/mol. The lowest BCUT2D eigenvalue weighted by atomic mass is 9.84. The lowest BCUT2D eigenvalue weighted by molar-refractivity contribution is 0.327. The second kappa shape index (κ2) is 14.5. The lowest BCUT2D eigenvalue weighted by Crippen LogP contribution is -2.51. The Kier molecular flexibility index (Phi) is 9.60. The summed E-state index contributed by atoms with van der Waals surface area (Å²) >= 11 is 1.78. The molecule has 0 aliphatic rings. The van der Waals surface area contributed by atoms with Gasteiger partial charge >= 0.3 is 0 Å². The van der Waals surface area contributed by atoms with Crippen LogP contribution in [0.3, 0.4) is 0 Å². The predicted molar refractivity (Wildman–Crippen MR) is 208 cm³/mol. The van der Waals surface area contributed by atoms with Gasteiger partial charge in [0.2, 0.25) is 0 Å². The van der Waals surface area contributed by atoms with Crippen LogP contribution < -0.4 is 22.3 Å². The number of benzene rings is 7. The minimum atomic E-state index is -0.562. The third-order valence-electron chi connectivity index (χ3n) is 9.18. The molecule has 0 heterocycles. The molecule has 0 aliphatic carbocycles. The predicted octanol–water partition coefficient (Wildman–Crippen LogP) is 10.1. The highest BCUT2D eigenvalue weighted by molar-refractivity contribution is 7.99. The Bertz CT molecular complexity index is 2170. The van der Waals surface area contributed by atoms with Crippen LogP contribution in [0.15, 0.2) is 175 Å². The number of nitrogens with one attached hydrogen (secondary N) is 2. The number of hydrogen-bond acceptors (Lipinski definition) is 5. The van der Waals surface area contributed by atoms with E-state index in [-0.39, 0.29) is 0 Å². The fourth-order valence-electron chi connectivity index (χ4n) is 6.32. The van der Waals surface area contributed by atoms with Gasteiger partial charge in [-0.2, -0.15) is 0 Å². The van der Waals surface area contributed by atoms with Crippen LogP contribution in [-0.4, -0.2) is 0 Å². The van der Waals surface area contributed by atoms with Crippen molar-refractivity contribution in [3.05, 3.63) is 192 Å². The second-order valence-corrected chi connectivity index (χ2v) is 13.5. The van der Waals surface area contributed by atoms with E-state index in [9.17, 15) is 0 Å². The van der Waals surface area contributed by atoms with E-state index in [1.807, 2.05) is 24.3 Å². The molecule has 2 atom stereocenters. The van der Waals surface area contributed by atoms with Crippen molar-refractivity contribution in [2.24, 2.45) is 5.73 Å². The summed E-state index contributed by atoms with van der Waals surface area (Å²) in [5, 5.41) is 2.33. The van der Waals surface area contributed by atoms with Gasteiger partial charge in [0.25, 0.3) is 0 Å². The first kappa shape index (κ1) is 32.4. The molecule has 0 saturated carbocycles. The van der Waals surface area contributed by atoms with Crippen molar-refractivity contribution >= 4 is 28.2 Å². The summed E-state index contributed by atoms with van der Waals surface area (Å²) in [6.07, 6.45) is -0.464. The Morgan fingerprint density at radius 2 is 1.18 bits per heavy atom. The number of fused-ring (bicyclic) bond motifs is 1. The SMILES string of the molecule is CC(NNC(N)c1cccc(-c2ccc3ccc(N)c(SCc4ccccc4)c3c2)c1)(c1ccccc1)c1cccc(-c2ccccc2)c1. The van der Waals surface area contributed by atoms with E-state index < -0.39 is 11.7 Å². The molecular formula is C44H40N4S. The Labute approximate surface area is 293 Å². The van der Waals surface area contributed by atoms with Crippen molar-refractivity contribution in [1.29, 1.82) is 0 Å². The van der Waals surface area contributed by atoms with Gasteiger partial charge in [-0.1, -0.05) is 146 Å². The molecule has 0 amide bonds. The number of hydrazine groups is 1. The van der Waals surface area contributed by atoms with Gasteiger partial charge in [-0.15, -0.1) is 11.8 Å². The standard InChI is InChI=1S/C44H40N4S/c1-44(38-20-9-4-10-21-38,39-22-12-18-35(28-39)32-15-7-3-8-16-32)48-47-43(46)37-19-11-17-34(27-37)36-24-23-33-25-26-41(45)42(40(33)29-36)49-30-31-13-5-2-6-14-31/h2-29,43,47-48H,30,45-46H2,1H3. The molecule has 0 fully saturated rings. The first-order valence-corrected chi connectivity index (χ1v) is 17.6. The van der Waals surface area contributed by atoms with Crippen molar-refractivity contribution in [2.75, 3.05) is 5.73 Å². The number of hydrogen-bond donors (Lipinski definition) is 4. The minimum Gasteiger partial charge on any atom is -0.398 e. The highest BCUT2D eigenvalue weighted by atomic mass is 32.2. The second-order valence-electron chi connectivity index (χ2n) is 12.5. The number of nitrogen functional groups attached to an aromatic ring is 1. The lowest BCUT2D eigenvalue weighted by Gasteiger charge is -2.34. The molecule has 0 aromatic heterocycles. The molecule has 7 aromatic carbocycles. The van der Waals surface area contributed by atoms with Crippen molar-refractivity contribution in [1.82, 2.24) is 10.9 Å². The Balaban J connectivity index is 1.15. The molecule has 7 aromatic rings. The van der Waals surface area contributed by atoms with Crippen molar-refractivity contribution in [3.8, 4) is 22.3 Å². The van der Waals surface area contributed by atoms with Crippen LogP contribution in [0.5, 0.6) is 0 Å². The third-order valence-corrected chi connectivity index (χ3v) is 10.4. The first-order valence-electron chi connectivity index (χ1n) is 16.6. The van der Waals surface area contributed by atoms with E-state index in [4.69, 9.17) is 11.5 Å². The van der Waals surface area contributed by atoms with Crippen molar-refractivity contribution in [2.45, 2.75) is 29.3 Å². The fourth-order valence-corrected chi connectivity index (χ4v) is 7.39. The highest BCUT2D eigenvalue weighted by Gasteiger charge is 2.29. The maximum Gasteiger partial charge on any atom is 0.0939 e. The average molecular weight is 657 g/mol. The fraction of sp³-hybridized carbons (Fsp3) is 0.0909. The monoisotopic (exact) mass is 656 g/mol. The van der Waals surface area contributed by atoms with E-state index in [0.29, 0.717) is 0 Å². The van der Waals surface area contributed by atoms with Crippen LogP contribution in [0, 0.1) is 0 Å². The summed E-state index contributed by atoms with van der Waals surface area (Å²) in [5.41, 5.74) is 29.8. The average Bonchev–Trinajstić information content (AvgIpc) is 3.17. The van der Waals surface area contributed by atoms with Crippen LogP contribution in [0.2, 0.25) is 0 Å². The summed E-state index contributed by atoms with van der Waals surface area (Å²) < 4.78 is 0. The first-order chi connectivity index (χ1) is 24.0. The Morgan fingerprint density at radius 1 is 0.592 bits per heavy atom. The number of nitrogens with two attached hydrogens (primary N) is 2. The molecule has 242 valence electrons. The van der Waals surface area contributed by atoms with Gasteiger partial charge in [-0.3, -0.25) is 0 Å². The minimum absolute atomic E-state index is 0.464. The molecule has 4 nitrogen and oxygen atoms in total. The molecule has 0 radical (unpaired) electrons. The summed E-state index contributed by atoms with van der Waals surface area (Å²) in [6, 6.07) is 59.3. The van der Waals surface area contributed by atoms with Gasteiger partial charge in [-0.05, 0) is 86.5 Å². The molecule has 49 heavy (non-hydrogen) atoms. The molecule has 0 aliphatic heterocycles. The summed E-state index contributed by atoms with van der Waals surface area (Å²) in [4.78, 5) is 1.11. The third kappa shape index (κ3) is 7.16. The zero-order chi connectivity index (χ0) is 33.6. The molecule has 0 bridgehead atoms. The number of rotatable bonds is 11. The van der Waals surface area contributed by atoms with E-state index in [1.54, 1.807) is 11.8 Å². The molecule has 2 unspecified atom stereocenters. The Hall–Kier alpha value is -5.17. The van der Waals surface area contributed by atoms with E-state index in [2.05, 4.69) is 163 Å². The van der Waals surface area contributed by atoms with E-state index in [0.717, 1.165) is 55.1 Å². The zero-order valence-corrected chi connectivity index (χ0v) is 28.3. The van der Waals surface area contributed by atoms with Gasteiger partial charge < -0.3 is 11.5 Å². The summed E-state index contributed by atoms with van der Waals surface area (Å²) in [5.74, 6) is 0.857. The van der Waals surface area contributed by atoms with Gasteiger partial charge in [0.1, 0.15) is 0 Å². The zero-order valence-electron chi connectivity index (χ0n) is 27.5. The van der Waals surface area contributed by atoms with Gasteiger partial charge in [0, 0.05) is 16.3 Å². The van der Waals surface area contributed by atoms with Crippen molar-refractivity contribution < 1.29 is 0 Å².